The van der Waals surface area contributed by atoms with E-state index < -0.39 is 18.7 Å². The molecule has 16 heavy (non-hydrogen) atoms. The van der Waals surface area contributed by atoms with E-state index in [1.807, 2.05) is 20.8 Å². The van der Waals surface area contributed by atoms with Crippen LogP contribution in [0.4, 0.5) is 0 Å². The molecule has 0 aliphatic heterocycles. The third-order valence-corrected chi connectivity index (χ3v) is 2.63. The number of nitrogens with one attached hydrogen (secondary N) is 1. The molecule has 0 aliphatic rings. The van der Waals surface area contributed by atoms with Gasteiger partial charge in [-0.05, 0) is 19.3 Å². The van der Waals surface area contributed by atoms with Crippen LogP contribution in [-0.4, -0.2) is 52.0 Å². The van der Waals surface area contributed by atoms with Crippen LogP contribution in [0.2, 0.25) is 0 Å². The zero-order valence-electron chi connectivity index (χ0n) is 10.6. The predicted molar refractivity (Wildman–Crippen MR) is 63.6 cm³/mol. The van der Waals surface area contributed by atoms with Crippen LogP contribution in [0.25, 0.3) is 0 Å². The van der Waals surface area contributed by atoms with Crippen LogP contribution in [0.15, 0.2) is 0 Å². The number of rotatable bonds is 9. The van der Waals surface area contributed by atoms with Crippen molar-refractivity contribution in [3.05, 3.63) is 0 Å². The number of hydrogen-bond acceptors (Lipinski definition) is 5. The van der Waals surface area contributed by atoms with Crippen LogP contribution in [0.1, 0.15) is 40.0 Å². The maximum absolute atomic E-state index is 9.72. The summed E-state index contributed by atoms with van der Waals surface area (Å²) in [5, 5.41) is 31.7. The van der Waals surface area contributed by atoms with Crippen LogP contribution < -0.4 is 5.32 Å². The van der Waals surface area contributed by atoms with Gasteiger partial charge in [0.1, 0.15) is 18.7 Å². The van der Waals surface area contributed by atoms with Gasteiger partial charge in [0.05, 0.1) is 0 Å². The second-order valence-corrected chi connectivity index (χ2v) is 3.89. The first-order valence-corrected chi connectivity index (χ1v) is 6.10. The lowest BCUT2D eigenvalue weighted by atomic mass is 10.3. The molecule has 0 saturated heterocycles. The topological polar surface area (TPSA) is 76.0 Å². The van der Waals surface area contributed by atoms with E-state index in [4.69, 9.17) is 0 Å². The normalized spacial score (nSPS) is 17.4. The third-order valence-electron chi connectivity index (χ3n) is 2.63. The Hall–Kier alpha value is -0.200. The summed E-state index contributed by atoms with van der Waals surface area (Å²) in [6.07, 6.45) is 0.0263. The molecular formula is C11H26N2O3. The highest BCUT2D eigenvalue weighted by Crippen LogP contribution is 2.07. The van der Waals surface area contributed by atoms with Gasteiger partial charge in [-0.15, -0.1) is 0 Å². The summed E-state index contributed by atoms with van der Waals surface area (Å²) in [6, 6.07) is 0. The lowest BCUT2D eigenvalue weighted by Crippen LogP contribution is -2.47. The average Bonchev–Trinajstić information content (AvgIpc) is 2.32. The van der Waals surface area contributed by atoms with Crippen molar-refractivity contribution in [3.8, 4) is 0 Å². The molecule has 98 valence electrons. The molecule has 0 heterocycles. The van der Waals surface area contributed by atoms with Crippen molar-refractivity contribution in [3.63, 3.8) is 0 Å². The minimum absolute atomic E-state index is 0.514. The Bertz CT molecular complexity index is 159. The van der Waals surface area contributed by atoms with E-state index in [2.05, 4.69) is 5.32 Å². The van der Waals surface area contributed by atoms with Gasteiger partial charge >= 0.3 is 0 Å². The Morgan fingerprint density at radius 1 is 0.938 bits per heavy atom. The van der Waals surface area contributed by atoms with Crippen LogP contribution in [0.5, 0.6) is 0 Å². The summed E-state index contributed by atoms with van der Waals surface area (Å²) >= 11 is 0. The number of aliphatic hydroxyl groups is 3. The fraction of sp³-hybridized carbons (Fsp3) is 1.00. The molecule has 0 saturated carbocycles. The molecule has 0 rings (SSSR count). The van der Waals surface area contributed by atoms with Crippen LogP contribution in [-0.2, 0) is 0 Å². The third kappa shape index (κ3) is 5.77. The highest BCUT2D eigenvalue weighted by molar-refractivity contribution is 4.66. The van der Waals surface area contributed by atoms with Crippen molar-refractivity contribution in [2.24, 2.45) is 0 Å². The molecule has 0 bridgehead atoms. The highest BCUT2D eigenvalue weighted by Gasteiger charge is 2.20. The maximum atomic E-state index is 9.72. The molecule has 0 aliphatic carbocycles. The summed E-state index contributed by atoms with van der Waals surface area (Å²) in [5.41, 5.74) is 0. The second kappa shape index (κ2) is 8.90. The first-order valence-electron chi connectivity index (χ1n) is 6.10. The first kappa shape index (κ1) is 15.8. The highest BCUT2D eigenvalue weighted by atomic mass is 16.3. The Balaban J connectivity index is 4.02. The van der Waals surface area contributed by atoms with Crippen molar-refractivity contribution in [2.45, 2.75) is 58.7 Å². The lowest BCUT2D eigenvalue weighted by Gasteiger charge is -2.31. The molecule has 0 radical (unpaired) electrons. The quantitative estimate of drug-likeness (QED) is 0.425. The van der Waals surface area contributed by atoms with E-state index in [1.165, 1.54) is 0 Å². The van der Waals surface area contributed by atoms with Crippen LogP contribution >= 0.6 is 0 Å². The SMILES string of the molecule is CCC(O)NCCN(C(O)CC)C(O)CC. The van der Waals surface area contributed by atoms with Gasteiger partial charge in [-0.3, -0.25) is 10.2 Å². The van der Waals surface area contributed by atoms with Gasteiger partial charge < -0.3 is 15.3 Å². The van der Waals surface area contributed by atoms with Gasteiger partial charge in [-0.25, -0.2) is 0 Å². The summed E-state index contributed by atoms with van der Waals surface area (Å²) in [7, 11) is 0. The van der Waals surface area contributed by atoms with Gasteiger partial charge in [0, 0.05) is 13.1 Å². The van der Waals surface area contributed by atoms with Crippen LogP contribution in [0, 0.1) is 0 Å². The monoisotopic (exact) mass is 234 g/mol. The van der Waals surface area contributed by atoms with E-state index in [1.54, 1.807) is 4.90 Å². The zero-order valence-corrected chi connectivity index (χ0v) is 10.6. The van der Waals surface area contributed by atoms with Crippen molar-refractivity contribution in [1.29, 1.82) is 0 Å². The molecular weight excluding hydrogens is 208 g/mol. The fourth-order valence-electron chi connectivity index (χ4n) is 1.47. The summed E-state index contributed by atoms with van der Waals surface area (Å²) in [4.78, 5) is 1.63. The van der Waals surface area contributed by atoms with E-state index in [9.17, 15) is 15.3 Å². The Kier molecular flexibility index (Phi) is 8.78. The number of aliphatic hydroxyl groups excluding tert-OH is 3. The van der Waals surface area contributed by atoms with Crippen molar-refractivity contribution >= 4 is 0 Å². The van der Waals surface area contributed by atoms with E-state index in [-0.39, 0.29) is 0 Å². The second-order valence-electron chi connectivity index (χ2n) is 3.89. The summed E-state index contributed by atoms with van der Waals surface area (Å²) in [6.45, 7) is 6.68. The molecule has 0 aromatic heterocycles. The van der Waals surface area contributed by atoms with Crippen molar-refractivity contribution in [1.82, 2.24) is 10.2 Å². The van der Waals surface area contributed by atoms with Gasteiger partial charge in [0.15, 0.2) is 0 Å². The summed E-state index contributed by atoms with van der Waals surface area (Å²) in [5.74, 6) is 0. The number of hydrogen-bond donors (Lipinski definition) is 4. The lowest BCUT2D eigenvalue weighted by molar-refractivity contribution is -0.103. The molecule has 5 nitrogen and oxygen atoms in total. The predicted octanol–water partition coefficient (Wildman–Crippen LogP) is 0.0632. The Labute approximate surface area is 98.1 Å². The molecule has 0 aromatic carbocycles. The smallest absolute Gasteiger partial charge is 0.109 e. The minimum atomic E-state index is -0.629. The molecule has 0 fully saturated rings. The standard InChI is InChI=1S/C11H26N2O3/c1-4-9(14)12-7-8-13(10(15)5-2)11(16)6-3/h9-12,14-16H,4-8H2,1-3H3. The molecule has 0 spiro atoms. The van der Waals surface area contributed by atoms with E-state index in [0.29, 0.717) is 32.4 Å². The van der Waals surface area contributed by atoms with Gasteiger partial charge in [0.2, 0.25) is 0 Å². The molecule has 4 N–H and O–H groups in total. The largest absolute Gasteiger partial charge is 0.379 e. The van der Waals surface area contributed by atoms with Crippen LogP contribution in [0.3, 0.4) is 0 Å². The number of nitrogens with zero attached hydrogens (tertiary/aromatic N) is 1. The molecule has 5 heteroatoms. The van der Waals surface area contributed by atoms with Crippen molar-refractivity contribution in [2.75, 3.05) is 13.1 Å². The molecule has 0 amide bonds. The Morgan fingerprint density at radius 2 is 1.44 bits per heavy atom. The molecule has 0 aromatic rings. The summed E-state index contributed by atoms with van der Waals surface area (Å²) < 4.78 is 0. The van der Waals surface area contributed by atoms with E-state index >= 15 is 0 Å². The van der Waals surface area contributed by atoms with Crippen molar-refractivity contribution < 1.29 is 15.3 Å². The molecule has 3 unspecified atom stereocenters. The average molecular weight is 234 g/mol. The molecule has 3 atom stereocenters. The minimum Gasteiger partial charge on any atom is -0.379 e. The maximum Gasteiger partial charge on any atom is 0.109 e. The first-order chi connectivity index (χ1) is 7.56. The van der Waals surface area contributed by atoms with Gasteiger partial charge in [0.25, 0.3) is 0 Å². The zero-order chi connectivity index (χ0) is 12.6. The van der Waals surface area contributed by atoms with Gasteiger partial charge in [-0.1, -0.05) is 20.8 Å². The van der Waals surface area contributed by atoms with E-state index in [0.717, 1.165) is 0 Å². The fourth-order valence-corrected chi connectivity index (χ4v) is 1.47. The Morgan fingerprint density at radius 3 is 1.81 bits per heavy atom. The van der Waals surface area contributed by atoms with Gasteiger partial charge in [-0.2, -0.15) is 0 Å².